The van der Waals surface area contributed by atoms with E-state index in [1.54, 1.807) is 22.7 Å². The number of benzene rings is 1. The predicted molar refractivity (Wildman–Crippen MR) is 106 cm³/mol. The second kappa shape index (κ2) is 7.92. The van der Waals surface area contributed by atoms with Crippen molar-refractivity contribution in [3.63, 3.8) is 0 Å². The lowest BCUT2D eigenvalue weighted by molar-refractivity contribution is 0.206. The third-order valence-corrected chi connectivity index (χ3v) is 5.46. The van der Waals surface area contributed by atoms with Gasteiger partial charge in [-0.25, -0.2) is 4.79 Å². The summed E-state index contributed by atoms with van der Waals surface area (Å²) in [5.74, 6) is 1.74. The van der Waals surface area contributed by atoms with Crippen LogP contribution in [0.5, 0.6) is 0 Å². The standard InChI is InChI=1S/C20H22N4O2S/c1-23-12-15(11-21-23)13-24(17-6-7-17)20(25)22-16-4-8-19(9-5-16)27-14-18-3-2-10-26-18/h2-5,8-12,17H,6-7,13-14H2,1H3,(H,22,25). The summed E-state index contributed by atoms with van der Waals surface area (Å²) in [5, 5.41) is 7.21. The van der Waals surface area contributed by atoms with Crippen molar-refractivity contribution in [1.82, 2.24) is 14.7 Å². The van der Waals surface area contributed by atoms with Gasteiger partial charge in [0.2, 0.25) is 0 Å². The lowest BCUT2D eigenvalue weighted by Gasteiger charge is -2.22. The summed E-state index contributed by atoms with van der Waals surface area (Å²) in [6.45, 7) is 0.585. The van der Waals surface area contributed by atoms with E-state index in [0.29, 0.717) is 12.6 Å². The summed E-state index contributed by atoms with van der Waals surface area (Å²) >= 11 is 1.70. The van der Waals surface area contributed by atoms with Gasteiger partial charge in [-0.05, 0) is 49.2 Å². The molecule has 0 atom stereocenters. The molecular formula is C20H22N4O2S. The predicted octanol–water partition coefficient (Wildman–Crippen LogP) is 4.50. The number of furan rings is 1. The van der Waals surface area contributed by atoms with Gasteiger partial charge in [-0.1, -0.05) is 0 Å². The molecule has 27 heavy (non-hydrogen) atoms. The highest BCUT2D eigenvalue weighted by atomic mass is 32.2. The van der Waals surface area contributed by atoms with E-state index < -0.39 is 0 Å². The summed E-state index contributed by atoms with van der Waals surface area (Å²) in [7, 11) is 1.89. The maximum absolute atomic E-state index is 12.7. The van der Waals surface area contributed by atoms with E-state index in [-0.39, 0.29) is 6.03 Å². The highest BCUT2D eigenvalue weighted by molar-refractivity contribution is 7.98. The molecule has 2 aromatic heterocycles. The van der Waals surface area contributed by atoms with Crippen molar-refractivity contribution in [2.75, 3.05) is 5.32 Å². The Kier molecular flexibility index (Phi) is 5.20. The minimum absolute atomic E-state index is 0.0580. The Bertz CT molecular complexity index is 885. The highest BCUT2D eigenvalue weighted by Crippen LogP contribution is 2.29. The largest absolute Gasteiger partial charge is 0.468 e. The average molecular weight is 382 g/mol. The normalized spacial score (nSPS) is 13.5. The Morgan fingerprint density at radius 3 is 2.78 bits per heavy atom. The van der Waals surface area contributed by atoms with Crippen molar-refractivity contribution in [3.8, 4) is 0 Å². The van der Waals surface area contributed by atoms with Crippen LogP contribution in [-0.4, -0.2) is 26.8 Å². The molecule has 7 heteroatoms. The average Bonchev–Trinajstić information content (AvgIpc) is 3.20. The number of aryl methyl sites for hydroxylation is 1. The lowest BCUT2D eigenvalue weighted by atomic mass is 10.3. The number of nitrogens with one attached hydrogen (secondary N) is 1. The number of nitrogens with zero attached hydrogens (tertiary/aromatic N) is 3. The number of amides is 2. The van der Waals surface area contributed by atoms with Gasteiger partial charge in [-0.2, -0.15) is 5.10 Å². The zero-order valence-electron chi connectivity index (χ0n) is 15.2. The van der Waals surface area contributed by atoms with E-state index in [2.05, 4.69) is 10.4 Å². The number of aromatic nitrogens is 2. The Balaban J connectivity index is 1.34. The molecule has 2 heterocycles. The zero-order valence-corrected chi connectivity index (χ0v) is 16.0. The molecule has 6 nitrogen and oxygen atoms in total. The van der Waals surface area contributed by atoms with Gasteiger partial charge in [0.1, 0.15) is 5.76 Å². The first kappa shape index (κ1) is 17.7. The van der Waals surface area contributed by atoms with Crippen molar-refractivity contribution in [3.05, 3.63) is 66.4 Å². The van der Waals surface area contributed by atoms with Crippen molar-refractivity contribution in [1.29, 1.82) is 0 Å². The van der Waals surface area contributed by atoms with Crippen LogP contribution in [0.3, 0.4) is 0 Å². The second-order valence-corrected chi connectivity index (χ2v) is 7.75. The number of thioether (sulfide) groups is 1. The summed E-state index contributed by atoms with van der Waals surface area (Å²) in [6.07, 6.45) is 7.58. The van der Waals surface area contributed by atoms with E-state index >= 15 is 0 Å². The van der Waals surface area contributed by atoms with Crippen LogP contribution >= 0.6 is 11.8 Å². The number of hydrogen-bond donors (Lipinski definition) is 1. The molecule has 0 spiro atoms. The summed E-state index contributed by atoms with van der Waals surface area (Å²) in [4.78, 5) is 15.8. The monoisotopic (exact) mass is 382 g/mol. The molecule has 4 rings (SSSR count). The lowest BCUT2D eigenvalue weighted by Crippen LogP contribution is -2.36. The Labute approximate surface area is 162 Å². The van der Waals surface area contributed by atoms with E-state index in [1.807, 2.05) is 60.7 Å². The molecule has 1 aromatic carbocycles. The number of hydrogen-bond acceptors (Lipinski definition) is 4. The van der Waals surface area contributed by atoms with E-state index in [0.717, 1.165) is 40.5 Å². The van der Waals surface area contributed by atoms with Gasteiger partial charge in [0.15, 0.2) is 0 Å². The molecule has 1 saturated carbocycles. The van der Waals surface area contributed by atoms with Gasteiger partial charge in [-0.3, -0.25) is 4.68 Å². The fourth-order valence-corrected chi connectivity index (χ4v) is 3.68. The minimum atomic E-state index is -0.0580. The van der Waals surface area contributed by atoms with Gasteiger partial charge in [-0.15, -0.1) is 11.8 Å². The molecule has 1 N–H and O–H groups in total. The third-order valence-electron chi connectivity index (χ3n) is 4.43. The molecule has 2 amide bonds. The first-order valence-electron chi connectivity index (χ1n) is 8.98. The molecular weight excluding hydrogens is 360 g/mol. The van der Waals surface area contributed by atoms with Gasteiger partial charge >= 0.3 is 6.03 Å². The van der Waals surface area contributed by atoms with Crippen LogP contribution in [-0.2, 0) is 19.3 Å². The number of urea groups is 1. The number of anilines is 1. The smallest absolute Gasteiger partial charge is 0.322 e. The number of carbonyl (C=O) groups excluding carboxylic acids is 1. The molecule has 0 bridgehead atoms. The molecule has 0 radical (unpaired) electrons. The van der Waals surface area contributed by atoms with Crippen molar-refractivity contribution in [2.24, 2.45) is 7.05 Å². The quantitative estimate of drug-likeness (QED) is 0.611. The van der Waals surface area contributed by atoms with Crippen molar-refractivity contribution < 1.29 is 9.21 Å². The van der Waals surface area contributed by atoms with Crippen molar-refractivity contribution in [2.45, 2.75) is 36.1 Å². The van der Waals surface area contributed by atoms with E-state index in [4.69, 9.17) is 4.42 Å². The maximum atomic E-state index is 12.7. The molecule has 1 aliphatic rings. The molecule has 140 valence electrons. The summed E-state index contributed by atoms with van der Waals surface area (Å²) in [5.41, 5.74) is 1.85. The Morgan fingerprint density at radius 1 is 1.33 bits per heavy atom. The second-order valence-electron chi connectivity index (χ2n) is 6.70. The van der Waals surface area contributed by atoms with Crippen LogP contribution in [0.25, 0.3) is 0 Å². The first-order valence-corrected chi connectivity index (χ1v) is 9.96. The van der Waals surface area contributed by atoms with Crippen molar-refractivity contribution >= 4 is 23.5 Å². The molecule has 0 saturated heterocycles. The third kappa shape index (κ3) is 4.74. The van der Waals surface area contributed by atoms with Gasteiger partial charge in [0.25, 0.3) is 0 Å². The summed E-state index contributed by atoms with van der Waals surface area (Å²) in [6, 6.07) is 12.1. The molecule has 0 unspecified atom stereocenters. The zero-order chi connectivity index (χ0) is 18.6. The molecule has 0 aliphatic heterocycles. The highest BCUT2D eigenvalue weighted by Gasteiger charge is 2.32. The van der Waals surface area contributed by atoms with Gasteiger partial charge in [0, 0.05) is 35.4 Å². The first-order chi connectivity index (χ1) is 13.2. The molecule has 1 aliphatic carbocycles. The van der Waals surface area contributed by atoms with Crippen LogP contribution in [0.15, 0.2) is 64.4 Å². The molecule has 3 aromatic rings. The fraction of sp³-hybridized carbons (Fsp3) is 0.300. The van der Waals surface area contributed by atoms with Crippen LogP contribution in [0.4, 0.5) is 10.5 Å². The van der Waals surface area contributed by atoms with Gasteiger partial charge in [0.05, 0.1) is 24.8 Å². The number of rotatable bonds is 7. The Morgan fingerprint density at radius 2 is 2.15 bits per heavy atom. The van der Waals surface area contributed by atoms with Gasteiger partial charge < -0.3 is 14.6 Å². The summed E-state index contributed by atoms with van der Waals surface area (Å²) < 4.78 is 7.11. The fourth-order valence-electron chi connectivity index (χ4n) is 2.88. The van der Waals surface area contributed by atoms with Crippen LogP contribution in [0.1, 0.15) is 24.2 Å². The SMILES string of the molecule is Cn1cc(CN(C(=O)Nc2ccc(SCc3ccco3)cc2)C2CC2)cn1. The maximum Gasteiger partial charge on any atom is 0.322 e. The number of carbonyl (C=O) groups is 1. The topological polar surface area (TPSA) is 63.3 Å². The Hall–Kier alpha value is -2.67. The van der Waals surface area contributed by atoms with E-state index in [9.17, 15) is 4.79 Å². The minimum Gasteiger partial charge on any atom is -0.468 e. The van der Waals surface area contributed by atoms with Crippen LogP contribution in [0.2, 0.25) is 0 Å². The van der Waals surface area contributed by atoms with E-state index in [1.165, 1.54) is 0 Å². The van der Waals surface area contributed by atoms with Crippen LogP contribution < -0.4 is 5.32 Å². The van der Waals surface area contributed by atoms with Crippen LogP contribution in [0, 0.1) is 0 Å². The molecule has 1 fully saturated rings.